The number of nitrogens with one attached hydrogen (secondary N) is 1. The molecule has 1 aliphatic carbocycles. The second-order valence-corrected chi connectivity index (χ2v) is 5.87. The number of carbonyl (C=O) groups is 2. The number of nitrogens with zero attached hydrogens (tertiary/aromatic N) is 1. The van der Waals surface area contributed by atoms with Gasteiger partial charge in [0.15, 0.2) is 0 Å². The molecule has 0 aliphatic heterocycles. The van der Waals surface area contributed by atoms with Crippen LogP contribution >= 0.6 is 23.2 Å². The number of aliphatic carboxylic acids is 1. The lowest BCUT2D eigenvalue weighted by molar-refractivity contribution is -0.141. The SMILES string of the molecule is O=C(O)CC1(CNC(=O)c2cnc(Cl)c(Cl)c2)CCC1. The molecule has 0 atom stereocenters. The summed E-state index contributed by atoms with van der Waals surface area (Å²) >= 11 is 11.5. The largest absolute Gasteiger partial charge is 0.481 e. The first kappa shape index (κ1) is 15.1. The van der Waals surface area contributed by atoms with E-state index in [1.165, 1.54) is 12.3 Å². The van der Waals surface area contributed by atoms with Gasteiger partial charge < -0.3 is 10.4 Å². The molecule has 1 fully saturated rings. The van der Waals surface area contributed by atoms with Crippen molar-refractivity contribution in [3.63, 3.8) is 0 Å². The van der Waals surface area contributed by atoms with E-state index < -0.39 is 5.97 Å². The Hall–Kier alpha value is -1.33. The predicted molar refractivity (Wildman–Crippen MR) is 75.1 cm³/mol. The maximum Gasteiger partial charge on any atom is 0.303 e. The highest BCUT2D eigenvalue weighted by Crippen LogP contribution is 2.43. The van der Waals surface area contributed by atoms with Crippen molar-refractivity contribution < 1.29 is 14.7 Å². The molecule has 1 saturated carbocycles. The first-order chi connectivity index (χ1) is 9.42. The van der Waals surface area contributed by atoms with Crippen LogP contribution in [0.3, 0.4) is 0 Å². The Morgan fingerprint density at radius 3 is 2.60 bits per heavy atom. The maximum absolute atomic E-state index is 12.0. The standard InChI is InChI=1S/C13H14Cl2N2O3/c14-9-4-8(6-16-11(9)15)12(20)17-7-13(2-1-3-13)5-10(18)19/h4,6H,1-3,5,7H2,(H,17,20)(H,18,19). The van der Waals surface area contributed by atoms with Gasteiger partial charge in [0.25, 0.3) is 5.91 Å². The number of halogens is 2. The van der Waals surface area contributed by atoms with Gasteiger partial charge in [-0.2, -0.15) is 0 Å². The van der Waals surface area contributed by atoms with E-state index in [0.717, 1.165) is 19.3 Å². The normalized spacial score (nSPS) is 16.3. The third-order valence-electron chi connectivity index (χ3n) is 3.62. The topological polar surface area (TPSA) is 79.3 Å². The highest BCUT2D eigenvalue weighted by molar-refractivity contribution is 6.41. The Morgan fingerprint density at radius 1 is 1.40 bits per heavy atom. The molecule has 1 aromatic heterocycles. The fourth-order valence-corrected chi connectivity index (χ4v) is 2.60. The highest BCUT2D eigenvalue weighted by Gasteiger charge is 2.39. The Balaban J connectivity index is 1.97. The molecule has 2 N–H and O–H groups in total. The molecule has 0 radical (unpaired) electrons. The van der Waals surface area contributed by atoms with Gasteiger partial charge in [0.1, 0.15) is 5.15 Å². The summed E-state index contributed by atoms with van der Waals surface area (Å²) in [5.41, 5.74) is -0.00490. The minimum atomic E-state index is -0.838. The van der Waals surface area contributed by atoms with Gasteiger partial charge in [0, 0.05) is 12.7 Å². The molecule has 20 heavy (non-hydrogen) atoms. The number of aromatic nitrogens is 1. The molecule has 1 aromatic rings. The van der Waals surface area contributed by atoms with Crippen molar-refractivity contribution in [2.24, 2.45) is 5.41 Å². The Kier molecular flexibility index (Phi) is 4.50. The number of carboxylic acids is 1. The van der Waals surface area contributed by atoms with Gasteiger partial charge in [0.2, 0.25) is 0 Å². The molecule has 108 valence electrons. The van der Waals surface area contributed by atoms with Crippen molar-refractivity contribution in [3.05, 3.63) is 28.0 Å². The fourth-order valence-electron chi connectivity index (χ4n) is 2.33. The zero-order valence-corrected chi connectivity index (χ0v) is 12.2. The van der Waals surface area contributed by atoms with Gasteiger partial charge in [-0.05, 0) is 24.3 Å². The molecule has 0 bridgehead atoms. The second kappa shape index (κ2) is 5.97. The Bertz CT molecular complexity index is 544. The lowest BCUT2D eigenvalue weighted by Gasteiger charge is -2.40. The zero-order chi connectivity index (χ0) is 14.8. The number of carboxylic acid groups (broad SMARTS) is 1. The van der Waals surface area contributed by atoms with Crippen molar-refractivity contribution in [1.82, 2.24) is 10.3 Å². The summed E-state index contributed by atoms with van der Waals surface area (Å²) in [4.78, 5) is 26.6. The minimum Gasteiger partial charge on any atom is -0.481 e. The van der Waals surface area contributed by atoms with Gasteiger partial charge in [-0.1, -0.05) is 29.6 Å². The third-order valence-corrected chi connectivity index (χ3v) is 4.31. The molecule has 0 saturated heterocycles. The summed E-state index contributed by atoms with van der Waals surface area (Å²) in [7, 11) is 0. The number of hydrogen-bond acceptors (Lipinski definition) is 3. The quantitative estimate of drug-likeness (QED) is 0.819. The smallest absolute Gasteiger partial charge is 0.303 e. The lowest BCUT2D eigenvalue weighted by Crippen LogP contribution is -2.43. The second-order valence-electron chi connectivity index (χ2n) is 5.10. The van der Waals surface area contributed by atoms with E-state index in [4.69, 9.17) is 28.3 Å². The average molecular weight is 317 g/mol. The van der Waals surface area contributed by atoms with E-state index in [1.807, 2.05) is 0 Å². The summed E-state index contributed by atoms with van der Waals surface area (Å²) < 4.78 is 0. The zero-order valence-electron chi connectivity index (χ0n) is 10.7. The third kappa shape index (κ3) is 3.41. The molecular weight excluding hydrogens is 303 g/mol. The van der Waals surface area contributed by atoms with Crippen molar-refractivity contribution in [3.8, 4) is 0 Å². The summed E-state index contributed by atoms with van der Waals surface area (Å²) in [6.45, 7) is 0.346. The van der Waals surface area contributed by atoms with Crippen molar-refractivity contribution >= 4 is 35.1 Å². The van der Waals surface area contributed by atoms with E-state index in [0.29, 0.717) is 12.1 Å². The van der Waals surface area contributed by atoms with E-state index in [9.17, 15) is 9.59 Å². The number of pyridine rings is 1. The van der Waals surface area contributed by atoms with E-state index in [2.05, 4.69) is 10.3 Å². The van der Waals surface area contributed by atoms with E-state index >= 15 is 0 Å². The van der Waals surface area contributed by atoms with Crippen LogP contribution < -0.4 is 5.32 Å². The van der Waals surface area contributed by atoms with Crippen LogP contribution in [-0.2, 0) is 4.79 Å². The van der Waals surface area contributed by atoms with Crippen LogP contribution in [0.15, 0.2) is 12.3 Å². The van der Waals surface area contributed by atoms with Gasteiger partial charge in [0.05, 0.1) is 17.0 Å². The average Bonchev–Trinajstić information content (AvgIpc) is 2.35. The summed E-state index contributed by atoms with van der Waals surface area (Å²) in [5, 5.41) is 12.0. The summed E-state index contributed by atoms with van der Waals surface area (Å²) in [6, 6.07) is 1.44. The lowest BCUT2D eigenvalue weighted by atomic mass is 9.66. The van der Waals surface area contributed by atoms with Gasteiger partial charge in [-0.25, -0.2) is 4.98 Å². The molecule has 1 heterocycles. The first-order valence-electron chi connectivity index (χ1n) is 6.23. The maximum atomic E-state index is 12.0. The number of amides is 1. The van der Waals surface area contributed by atoms with Crippen molar-refractivity contribution in [2.45, 2.75) is 25.7 Å². The number of carbonyl (C=O) groups excluding carboxylic acids is 1. The van der Waals surface area contributed by atoms with E-state index in [-0.39, 0.29) is 27.9 Å². The fraction of sp³-hybridized carbons (Fsp3) is 0.462. The molecule has 2 rings (SSSR count). The van der Waals surface area contributed by atoms with E-state index in [1.54, 1.807) is 0 Å². The number of rotatable bonds is 5. The van der Waals surface area contributed by atoms with Gasteiger partial charge in [-0.3, -0.25) is 9.59 Å². The van der Waals surface area contributed by atoms with Gasteiger partial charge >= 0.3 is 5.97 Å². The molecule has 0 unspecified atom stereocenters. The Labute approximate surface area is 126 Å². The van der Waals surface area contributed by atoms with Crippen LogP contribution in [-0.4, -0.2) is 28.5 Å². The molecule has 1 aliphatic rings. The van der Waals surface area contributed by atoms with Crippen LogP contribution in [0, 0.1) is 5.41 Å². The van der Waals surface area contributed by atoms with Gasteiger partial charge in [-0.15, -0.1) is 0 Å². The summed E-state index contributed by atoms with van der Waals surface area (Å²) in [5.74, 6) is -1.16. The van der Waals surface area contributed by atoms with Crippen molar-refractivity contribution in [1.29, 1.82) is 0 Å². The number of hydrogen-bond donors (Lipinski definition) is 2. The molecule has 7 heteroatoms. The first-order valence-corrected chi connectivity index (χ1v) is 6.98. The molecule has 0 aromatic carbocycles. The molecule has 1 amide bonds. The molecular formula is C13H14Cl2N2O3. The molecule has 0 spiro atoms. The minimum absolute atomic E-state index is 0.0763. The van der Waals surface area contributed by atoms with Crippen molar-refractivity contribution in [2.75, 3.05) is 6.54 Å². The van der Waals surface area contributed by atoms with Crippen LogP contribution in [0.4, 0.5) is 0 Å². The van der Waals surface area contributed by atoms with Crippen LogP contribution in [0.2, 0.25) is 10.2 Å². The summed E-state index contributed by atoms with van der Waals surface area (Å²) in [6.07, 6.45) is 4.05. The van der Waals surface area contributed by atoms with Crippen LogP contribution in [0.5, 0.6) is 0 Å². The van der Waals surface area contributed by atoms with Crippen LogP contribution in [0.25, 0.3) is 0 Å². The highest BCUT2D eigenvalue weighted by atomic mass is 35.5. The molecule has 5 nitrogen and oxygen atoms in total. The predicted octanol–water partition coefficient (Wildman–Crippen LogP) is 2.76. The van der Waals surface area contributed by atoms with Crippen LogP contribution in [0.1, 0.15) is 36.0 Å². The Morgan fingerprint density at radius 2 is 2.10 bits per heavy atom. The monoisotopic (exact) mass is 316 g/mol.